The van der Waals surface area contributed by atoms with Gasteiger partial charge in [-0.1, -0.05) is 26.0 Å². The van der Waals surface area contributed by atoms with E-state index in [0.29, 0.717) is 11.3 Å². The van der Waals surface area contributed by atoms with Crippen molar-refractivity contribution in [2.45, 2.75) is 33.6 Å². The molecule has 126 valence electrons. The van der Waals surface area contributed by atoms with Crippen molar-refractivity contribution in [3.8, 4) is 5.69 Å². The zero-order valence-electron chi connectivity index (χ0n) is 14.3. The van der Waals surface area contributed by atoms with Gasteiger partial charge in [-0.2, -0.15) is 5.10 Å². The molecular weight excluding hydrogens is 305 g/mol. The summed E-state index contributed by atoms with van der Waals surface area (Å²) in [6.45, 7) is 8.06. The number of hydrogen-bond donors (Lipinski definition) is 0. The second-order valence-electron chi connectivity index (χ2n) is 5.83. The summed E-state index contributed by atoms with van der Waals surface area (Å²) < 4.78 is 15.8. The minimum absolute atomic E-state index is 0.318. The normalized spacial score (nSPS) is 11.2. The quantitative estimate of drug-likeness (QED) is 0.689. The van der Waals surface area contributed by atoms with Crippen LogP contribution in [0.4, 0.5) is 10.2 Å². The number of nitrogens with zero attached hydrogens (tertiary/aromatic N) is 5. The molecule has 0 spiro atoms. The third-order valence-corrected chi connectivity index (χ3v) is 3.99. The van der Waals surface area contributed by atoms with Gasteiger partial charge in [0.1, 0.15) is 23.6 Å². The van der Waals surface area contributed by atoms with Crippen molar-refractivity contribution in [1.82, 2.24) is 19.7 Å². The highest BCUT2D eigenvalue weighted by molar-refractivity contribution is 5.90. The lowest BCUT2D eigenvalue weighted by molar-refractivity contribution is 0.612. The molecule has 0 amide bonds. The van der Waals surface area contributed by atoms with Gasteiger partial charge in [0.25, 0.3) is 0 Å². The molecule has 2 aromatic heterocycles. The molecule has 0 saturated heterocycles. The molecule has 0 N–H and O–H groups in total. The fraction of sp³-hybridized carbons (Fsp3) is 0.389. The number of rotatable bonds is 6. The number of benzene rings is 1. The van der Waals surface area contributed by atoms with Gasteiger partial charge in [-0.05, 0) is 31.9 Å². The van der Waals surface area contributed by atoms with Gasteiger partial charge in [0.05, 0.1) is 11.1 Å². The zero-order chi connectivity index (χ0) is 17.1. The predicted molar refractivity (Wildman–Crippen MR) is 94.2 cm³/mol. The highest BCUT2D eigenvalue weighted by atomic mass is 19.1. The number of aromatic nitrogens is 4. The first-order valence-corrected chi connectivity index (χ1v) is 8.37. The molecule has 6 heteroatoms. The molecule has 0 radical (unpaired) electrons. The van der Waals surface area contributed by atoms with Crippen molar-refractivity contribution in [3.05, 3.63) is 42.1 Å². The average Bonchev–Trinajstić information content (AvgIpc) is 2.92. The summed E-state index contributed by atoms with van der Waals surface area (Å²) in [5, 5.41) is 5.42. The monoisotopic (exact) mass is 327 g/mol. The summed E-state index contributed by atoms with van der Waals surface area (Å²) >= 11 is 0. The van der Waals surface area contributed by atoms with Crippen molar-refractivity contribution in [2.75, 3.05) is 18.0 Å². The molecule has 2 heterocycles. The van der Waals surface area contributed by atoms with E-state index in [9.17, 15) is 4.39 Å². The van der Waals surface area contributed by atoms with Crippen LogP contribution in [0.3, 0.4) is 0 Å². The summed E-state index contributed by atoms with van der Waals surface area (Å²) in [7, 11) is 0. The number of halogens is 1. The molecule has 0 aliphatic rings. The molecule has 0 fully saturated rings. The zero-order valence-corrected chi connectivity index (χ0v) is 14.3. The van der Waals surface area contributed by atoms with E-state index in [4.69, 9.17) is 0 Å². The van der Waals surface area contributed by atoms with Gasteiger partial charge in [0.15, 0.2) is 5.65 Å². The van der Waals surface area contributed by atoms with Crippen LogP contribution in [0.5, 0.6) is 0 Å². The van der Waals surface area contributed by atoms with E-state index < -0.39 is 0 Å². The number of fused-ring (bicyclic) bond motifs is 1. The number of para-hydroxylation sites is 1. The molecule has 3 aromatic rings. The molecule has 0 aliphatic heterocycles. The van der Waals surface area contributed by atoms with Gasteiger partial charge in [-0.15, -0.1) is 0 Å². The number of hydrogen-bond acceptors (Lipinski definition) is 4. The Morgan fingerprint density at radius 3 is 2.46 bits per heavy atom. The van der Waals surface area contributed by atoms with Crippen LogP contribution in [0, 0.1) is 12.7 Å². The summed E-state index contributed by atoms with van der Waals surface area (Å²) in [4.78, 5) is 11.1. The lowest BCUT2D eigenvalue weighted by Gasteiger charge is -2.23. The number of aryl methyl sites for hydroxylation is 1. The lowest BCUT2D eigenvalue weighted by atomic mass is 10.2. The fourth-order valence-corrected chi connectivity index (χ4v) is 2.99. The molecular formula is C18H22FN5. The van der Waals surface area contributed by atoms with Gasteiger partial charge < -0.3 is 4.90 Å². The Labute approximate surface area is 141 Å². The maximum absolute atomic E-state index is 14.2. The largest absolute Gasteiger partial charge is 0.356 e. The molecule has 0 aliphatic carbocycles. The highest BCUT2D eigenvalue weighted by Gasteiger charge is 2.19. The third-order valence-electron chi connectivity index (χ3n) is 3.99. The van der Waals surface area contributed by atoms with E-state index in [2.05, 4.69) is 33.8 Å². The molecule has 24 heavy (non-hydrogen) atoms. The van der Waals surface area contributed by atoms with Crippen LogP contribution in [0.1, 0.15) is 32.4 Å². The van der Waals surface area contributed by atoms with Gasteiger partial charge in [-0.25, -0.2) is 19.0 Å². The Morgan fingerprint density at radius 2 is 1.79 bits per heavy atom. The Bertz CT molecular complexity index is 837. The van der Waals surface area contributed by atoms with Crippen LogP contribution >= 0.6 is 0 Å². The fourth-order valence-electron chi connectivity index (χ4n) is 2.99. The Balaban J connectivity index is 2.20. The van der Waals surface area contributed by atoms with Crippen LogP contribution in [0.15, 0.2) is 30.6 Å². The first-order chi connectivity index (χ1) is 11.7. The second kappa shape index (κ2) is 6.95. The molecule has 1 aromatic carbocycles. The van der Waals surface area contributed by atoms with Crippen LogP contribution in [0.25, 0.3) is 16.7 Å². The van der Waals surface area contributed by atoms with Gasteiger partial charge in [0, 0.05) is 13.1 Å². The van der Waals surface area contributed by atoms with Crippen molar-refractivity contribution in [2.24, 2.45) is 0 Å². The van der Waals surface area contributed by atoms with E-state index in [0.717, 1.165) is 42.8 Å². The summed E-state index contributed by atoms with van der Waals surface area (Å²) in [6.07, 6.45) is 3.60. The second-order valence-corrected chi connectivity index (χ2v) is 5.83. The number of anilines is 1. The summed E-state index contributed by atoms with van der Waals surface area (Å²) in [5.74, 6) is 0.560. The molecule has 0 saturated carbocycles. The molecule has 0 atom stereocenters. The van der Waals surface area contributed by atoms with Crippen LogP contribution < -0.4 is 4.90 Å². The van der Waals surface area contributed by atoms with Crippen molar-refractivity contribution in [3.63, 3.8) is 0 Å². The Kier molecular flexibility index (Phi) is 4.74. The third kappa shape index (κ3) is 2.84. The standard InChI is InChI=1S/C18H22FN5/c1-4-10-23(11-5-2)17-16-13(3)22-24(18(16)21-12-20-17)15-9-7-6-8-14(15)19/h6-9,12H,4-5,10-11H2,1-3H3. The maximum Gasteiger partial charge on any atom is 0.168 e. The molecule has 0 unspecified atom stereocenters. The minimum atomic E-state index is -0.318. The first kappa shape index (κ1) is 16.4. The topological polar surface area (TPSA) is 46.8 Å². The SMILES string of the molecule is CCCN(CCC)c1ncnc2c1c(C)nn2-c1ccccc1F. The van der Waals surface area contributed by atoms with Gasteiger partial charge >= 0.3 is 0 Å². The summed E-state index contributed by atoms with van der Waals surface area (Å²) in [6, 6.07) is 6.60. The molecule has 3 rings (SSSR count). The maximum atomic E-state index is 14.2. The highest BCUT2D eigenvalue weighted by Crippen LogP contribution is 2.28. The van der Waals surface area contributed by atoms with E-state index in [1.165, 1.54) is 12.4 Å². The van der Waals surface area contributed by atoms with Crippen LogP contribution in [-0.4, -0.2) is 32.8 Å². The van der Waals surface area contributed by atoms with Gasteiger partial charge in [-0.3, -0.25) is 0 Å². The molecule has 5 nitrogen and oxygen atoms in total. The van der Waals surface area contributed by atoms with Crippen molar-refractivity contribution >= 4 is 16.9 Å². The van der Waals surface area contributed by atoms with Crippen molar-refractivity contribution in [1.29, 1.82) is 0 Å². The average molecular weight is 327 g/mol. The van der Waals surface area contributed by atoms with Gasteiger partial charge in [0.2, 0.25) is 0 Å². The smallest absolute Gasteiger partial charge is 0.168 e. The van der Waals surface area contributed by atoms with E-state index in [1.54, 1.807) is 22.9 Å². The van der Waals surface area contributed by atoms with Crippen molar-refractivity contribution < 1.29 is 4.39 Å². The lowest BCUT2D eigenvalue weighted by Crippen LogP contribution is -2.26. The van der Waals surface area contributed by atoms with E-state index >= 15 is 0 Å². The van der Waals surface area contributed by atoms with Crippen LogP contribution in [-0.2, 0) is 0 Å². The Morgan fingerprint density at radius 1 is 1.08 bits per heavy atom. The van der Waals surface area contributed by atoms with Crippen LogP contribution in [0.2, 0.25) is 0 Å². The van der Waals surface area contributed by atoms with E-state index in [1.807, 2.05) is 6.92 Å². The Hall–Kier alpha value is -2.50. The minimum Gasteiger partial charge on any atom is -0.356 e. The van der Waals surface area contributed by atoms with E-state index in [-0.39, 0.29) is 5.82 Å². The first-order valence-electron chi connectivity index (χ1n) is 8.37. The summed E-state index contributed by atoms with van der Waals surface area (Å²) in [5.41, 5.74) is 1.85. The molecule has 0 bridgehead atoms. The predicted octanol–water partition coefficient (Wildman–Crippen LogP) is 3.89.